The third-order valence-electron chi connectivity index (χ3n) is 3.38. The fraction of sp³-hybridized carbons (Fsp3) is 0.133. The van der Waals surface area contributed by atoms with Crippen molar-refractivity contribution in [1.29, 1.82) is 0 Å². The van der Waals surface area contributed by atoms with Crippen LogP contribution in [-0.2, 0) is 6.18 Å². The molecular weight excluding hydrogens is 301 g/mol. The zero-order chi connectivity index (χ0) is 15.2. The number of rotatable bonds is 1. The number of aryl methyl sites for hydroxylation is 1. The van der Waals surface area contributed by atoms with Crippen LogP contribution in [0.5, 0.6) is 0 Å². The molecule has 3 aromatic rings. The monoisotopic (exact) mass is 310 g/mol. The van der Waals surface area contributed by atoms with Crippen molar-refractivity contribution in [3.05, 3.63) is 58.9 Å². The van der Waals surface area contributed by atoms with Gasteiger partial charge in [0.25, 0.3) is 0 Å². The first-order chi connectivity index (χ1) is 9.88. The van der Waals surface area contributed by atoms with Crippen molar-refractivity contribution >= 4 is 22.6 Å². The van der Waals surface area contributed by atoms with E-state index in [1.807, 2.05) is 6.92 Å². The molecule has 0 radical (unpaired) electrons. The molecule has 1 aromatic heterocycles. The maximum Gasteiger partial charge on any atom is 0.416 e. The van der Waals surface area contributed by atoms with Gasteiger partial charge in [0.05, 0.1) is 16.6 Å². The molecule has 21 heavy (non-hydrogen) atoms. The summed E-state index contributed by atoms with van der Waals surface area (Å²) in [6.07, 6.45) is -2.75. The Hall–Kier alpha value is -2.01. The highest BCUT2D eigenvalue weighted by Gasteiger charge is 2.30. The first kappa shape index (κ1) is 13.9. The van der Waals surface area contributed by atoms with E-state index in [2.05, 4.69) is 4.98 Å². The molecular formula is C15H10ClF3N2. The van der Waals surface area contributed by atoms with Crippen LogP contribution in [0, 0.1) is 6.92 Å². The summed E-state index contributed by atoms with van der Waals surface area (Å²) in [7, 11) is 0. The van der Waals surface area contributed by atoms with Gasteiger partial charge in [0.15, 0.2) is 0 Å². The van der Waals surface area contributed by atoms with Crippen LogP contribution < -0.4 is 0 Å². The van der Waals surface area contributed by atoms with E-state index in [4.69, 9.17) is 11.6 Å². The van der Waals surface area contributed by atoms with Crippen molar-refractivity contribution in [2.24, 2.45) is 0 Å². The van der Waals surface area contributed by atoms with E-state index < -0.39 is 11.7 Å². The Morgan fingerprint density at radius 1 is 1.05 bits per heavy atom. The molecule has 0 amide bonds. The lowest BCUT2D eigenvalue weighted by Gasteiger charge is -2.09. The highest BCUT2D eigenvalue weighted by molar-refractivity contribution is 6.32. The smallest absolute Gasteiger partial charge is 0.299 e. The van der Waals surface area contributed by atoms with Gasteiger partial charge in [0, 0.05) is 10.7 Å². The number of fused-ring (bicyclic) bond motifs is 1. The van der Waals surface area contributed by atoms with Crippen LogP contribution in [0.15, 0.2) is 42.7 Å². The Labute approximate surface area is 123 Å². The summed E-state index contributed by atoms with van der Waals surface area (Å²) in [5.41, 5.74) is 2.33. The Morgan fingerprint density at radius 2 is 1.71 bits per heavy atom. The van der Waals surface area contributed by atoms with Crippen molar-refractivity contribution in [1.82, 2.24) is 9.55 Å². The third kappa shape index (κ3) is 2.38. The minimum absolute atomic E-state index is 0.611. The fourth-order valence-electron chi connectivity index (χ4n) is 2.21. The van der Waals surface area contributed by atoms with Gasteiger partial charge in [-0.3, -0.25) is 4.57 Å². The predicted molar refractivity (Wildman–Crippen MR) is 75.8 cm³/mol. The molecule has 0 saturated heterocycles. The van der Waals surface area contributed by atoms with Gasteiger partial charge in [-0.15, -0.1) is 0 Å². The van der Waals surface area contributed by atoms with E-state index in [1.54, 1.807) is 23.0 Å². The van der Waals surface area contributed by atoms with Crippen molar-refractivity contribution in [3.8, 4) is 5.69 Å². The average Bonchev–Trinajstić information content (AvgIpc) is 2.87. The normalized spacial score (nSPS) is 12.0. The van der Waals surface area contributed by atoms with Crippen molar-refractivity contribution in [2.75, 3.05) is 0 Å². The molecule has 0 bridgehead atoms. The number of hydrogen-bond donors (Lipinski definition) is 0. The summed E-state index contributed by atoms with van der Waals surface area (Å²) >= 11 is 6.04. The predicted octanol–water partition coefficient (Wildman–Crippen LogP) is 5.01. The van der Waals surface area contributed by atoms with Gasteiger partial charge in [-0.2, -0.15) is 13.2 Å². The fourth-order valence-corrected chi connectivity index (χ4v) is 2.37. The van der Waals surface area contributed by atoms with E-state index in [9.17, 15) is 13.2 Å². The van der Waals surface area contributed by atoms with Crippen LogP contribution in [0.1, 0.15) is 11.1 Å². The minimum Gasteiger partial charge on any atom is -0.299 e. The summed E-state index contributed by atoms with van der Waals surface area (Å²) in [5, 5.41) is 0.611. The molecule has 2 nitrogen and oxygen atoms in total. The van der Waals surface area contributed by atoms with Gasteiger partial charge >= 0.3 is 6.18 Å². The van der Waals surface area contributed by atoms with E-state index in [0.29, 0.717) is 10.7 Å². The van der Waals surface area contributed by atoms with Gasteiger partial charge in [0.2, 0.25) is 0 Å². The molecule has 0 fully saturated rings. The molecule has 108 valence electrons. The average molecular weight is 311 g/mol. The molecule has 1 heterocycles. The SMILES string of the molecule is Cc1c(Cl)ccc2c1ncn2-c1ccc(C(F)(F)F)cc1. The molecule has 0 unspecified atom stereocenters. The largest absolute Gasteiger partial charge is 0.416 e. The molecule has 0 atom stereocenters. The van der Waals surface area contributed by atoms with Gasteiger partial charge in [-0.25, -0.2) is 4.98 Å². The van der Waals surface area contributed by atoms with E-state index >= 15 is 0 Å². The van der Waals surface area contributed by atoms with Crippen LogP contribution in [0.3, 0.4) is 0 Å². The number of imidazole rings is 1. The molecule has 0 spiro atoms. The van der Waals surface area contributed by atoms with Crippen molar-refractivity contribution < 1.29 is 13.2 Å². The number of hydrogen-bond acceptors (Lipinski definition) is 1. The first-order valence-corrected chi connectivity index (χ1v) is 6.55. The number of halogens is 4. The number of alkyl halides is 3. The summed E-state index contributed by atoms with van der Waals surface area (Å²) in [4.78, 5) is 4.28. The topological polar surface area (TPSA) is 17.8 Å². The van der Waals surface area contributed by atoms with Gasteiger partial charge in [0.1, 0.15) is 6.33 Å². The lowest BCUT2D eigenvalue weighted by molar-refractivity contribution is -0.137. The third-order valence-corrected chi connectivity index (χ3v) is 3.79. The van der Waals surface area contributed by atoms with Crippen LogP contribution in [0.4, 0.5) is 13.2 Å². The molecule has 3 rings (SSSR count). The molecule has 0 aliphatic heterocycles. The second kappa shape index (κ2) is 4.77. The van der Waals surface area contributed by atoms with Crippen LogP contribution in [-0.4, -0.2) is 9.55 Å². The molecule has 0 N–H and O–H groups in total. The number of nitrogens with zero attached hydrogens (tertiary/aromatic N) is 2. The standard InChI is InChI=1S/C15H10ClF3N2/c1-9-12(16)6-7-13-14(9)20-8-21(13)11-4-2-10(3-5-11)15(17,18)19/h2-8H,1H3. The summed E-state index contributed by atoms with van der Waals surface area (Å²) < 4.78 is 39.5. The highest BCUT2D eigenvalue weighted by Crippen LogP contribution is 2.31. The second-order valence-electron chi connectivity index (χ2n) is 4.70. The Balaban J connectivity index is 2.11. The number of aromatic nitrogens is 2. The van der Waals surface area contributed by atoms with Crippen molar-refractivity contribution in [3.63, 3.8) is 0 Å². The molecule has 6 heteroatoms. The summed E-state index contributed by atoms with van der Waals surface area (Å²) in [5.74, 6) is 0. The number of benzene rings is 2. The Kier molecular flexibility index (Phi) is 3.17. The lowest BCUT2D eigenvalue weighted by Crippen LogP contribution is -2.04. The molecule has 0 aliphatic carbocycles. The van der Waals surface area contributed by atoms with Crippen molar-refractivity contribution in [2.45, 2.75) is 13.1 Å². The molecule has 0 aliphatic rings. The summed E-state index contributed by atoms with van der Waals surface area (Å²) in [6, 6.07) is 8.52. The van der Waals surface area contributed by atoms with E-state index in [0.717, 1.165) is 28.7 Å². The van der Waals surface area contributed by atoms with E-state index in [-0.39, 0.29) is 0 Å². The van der Waals surface area contributed by atoms with Gasteiger partial charge < -0.3 is 0 Å². The molecule has 2 aromatic carbocycles. The molecule has 0 saturated carbocycles. The Morgan fingerprint density at radius 3 is 2.33 bits per heavy atom. The lowest BCUT2D eigenvalue weighted by atomic mass is 10.2. The zero-order valence-electron chi connectivity index (χ0n) is 10.9. The van der Waals surface area contributed by atoms with Crippen LogP contribution >= 0.6 is 11.6 Å². The van der Waals surface area contributed by atoms with Crippen LogP contribution in [0.25, 0.3) is 16.7 Å². The zero-order valence-corrected chi connectivity index (χ0v) is 11.7. The maximum atomic E-state index is 12.6. The maximum absolute atomic E-state index is 12.6. The minimum atomic E-state index is -4.33. The van der Waals surface area contributed by atoms with Gasteiger partial charge in [-0.05, 0) is 48.9 Å². The Bertz CT molecular complexity index is 804. The summed E-state index contributed by atoms with van der Waals surface area (Å²) in [6.45, 7) is 1.86. The quantitative estimate of drug-likeness (QED) is 0.618. The van der Waals surface area contributed by atoms with E-state index in [1.165, 1.54) is 12.1 Å². The van der Waals surface area contributed by atoms with Crippen LogP contribution in [0.2, 0.25) is 5.02 Å². The second-order valence-corrected chi connectivity index (χ2v) is 5.11. The first-order valence-electron chi connectivity index (χ1n) is 6.18. The highest BCUT2D eigenvalue weighted by atomic mass is 35.5. The van der Waals surface area contributed by atoms with Gasteiger partial charge in [-0.1, -0.05) is 11.6 Å².